The lowest BCUT2D eigenvalue weighted by Crippen LogP contribution is -2.05. The summed E-state index contributed by atoms with van der Waals surface area (Å²) in [5.41, 5.74) is 1.53. The van der Waals surface area contributed by atoms with E-state index in [1.807, 2.05) is 18.2 Å². The van der Waals surface area contributed by atoms with Crippen LogP contribution in [0.15, 0.2) is 59.2 Å². The zero-order chi connectivity index (χ0) is 17.1. The number of halogens is 1. The van der Waals surface area contributed by atoms with Crippen LogP contribution in [0, 0.1) is 0 Å². The molecule has 1 aliphatic heterocycles. The molecule has 0 radical (unpaired) electrons. The SMILES string of the molecule is CC(=O)Oc1ccc(/C=C2/N=C(c3ccccc3)OC2=O)cc1Cl. The number of ether oxygens (including phenoxy) is 2. The van der Waals surface area contributed by atoms with E-state index >= 15 is 0 Å². The molecule has 24 heavy (non-hydrogen) atoms. The van der Waals surface area contributed by atoms with Crippen LogP contribution < -0.4 is 4.74 Å². The lowest BCUT2D eigenvalue weighted by Gasteiger charge is -2.04. The van der Waals surface area contributed by atoms with E-state index in [0.717, 1.165) is 5.56 Å². The van der Waals surface area contributed by atoms with Crippen LogP contribution in [0.1, 0.15) is 18.1 Å². The number of esters is 2. The summed E-state index contributed by atoms with van der Waals surface area (Å²) in [6, 6.07) is 13.9. The van der Waals surface area contributed by atoms with Crippen molar-refractivity contribution < 1.29 is 19.1 Å². The molecule has 0 aromatic heterocycles. The Bertz CT molecular complexity index is 872. The Morgan fingerprint density at radius 1 is 1.21 bits per heavy atom. The van der Waals surface area contributed by atoms with Gasteiger partial charge >= 0.3 is 11.9 Å². The van der Waals surface area contributed by atoms with Gasteiger partial charge in [-0.15, -0.1) is 0 Å². The molecule has 0 unspecified atom stereocenters. The van der Waals surface area contributed by atoms with Crippen molar-refractivity contribution in [3.63, 3.8) is 0 Å². The average molecular weight is 342 g/mol. The van der Waals surface area contributed by atoms with E-state index in [4.69, 9.17) is 21.1 Å². The Kier molecular flexibility index (Phi) is 4.44. The molecular weight excluding hydrogens is 330 g/mol. The van der Waals surface area contributed by atoms with Crippen LogP contribution in [-0.2, 0) is 14.3 Å². The first-order valence-corrected chi connectivity index (χ1v) is 7.46. The van der Waals surface area contributed by atoms with Crippen molar-refractivity contribution in [1.29, 1.82) is 0 Å². The molecule has 0 bridgehead atoms. The highest BCUT2D eigenvalue weighted by Crippen LogP contribution is 2.27. The van der Waals surface area contributed by atoms with Gasteiger partial charge in [-0.3, -0.25) is 4.79 Å². The molecule has 3 rings (SSSR count). The lowest BCUT2D eigenvalue weighted by atomic mass is 10.2. The number of rotatable bonds is 3. The molecule has 0 fully saturated rings. The number of cyclic esters (lactones) is 1. The minimum absolute atomic E-state index is 0.171. The van der Waals surface area contributed by atoms with Gasteiger partial charge in [0.05, 0.1) is 5.02 Å². The number of aliphatic imine (C=N–C) groups is 1. The number of carbonyl (C=O) groups is 2. The summed E-state index contributed by atoms with van der Waals surface area (Å²) in [6.45, 7) is 1.29. The standard InChI is InChI=1S/C18H12ClNO4/c1-11(21)23-16-8-7-12(9-14(16)19)10-15-18(22)24-17(20-15)13-5-3-2-4-6-13/h2-10H,1H3/b15-10+. The third kappa shape index (κ3) is 3.52. The van der Waals surface area contributed by atoms with Crippen LogP contribution >= 0.6 is 11.6 Å². The first-order valence-electron chi connectivity index (χ1n) is 7.09. The summed E-state index contributed by atoms with van der Waals surface area (Å²) in [7, 11) is 0. The molecular formula is C18H12ClNO4. The predicted octanol–water partition coefficient (Wildman–Crippen LogP) is 3.61. The van der Waals surface area contributed by atoms with Crippen molar-refractivity contribution in [2.45, 2.75) is 6.92 Å². The van der Waals surface area contributed by atoms with Crippen molar-refractivity contribution in [2.24, 2.45) is 4.99 Å². The van der Waals surface area contributed by atoms with Gasteiger partial charge in [-0.25, -0.2) is 9.79 Å². The van der Waals surface area contributed by atoms with E-state index in [9.17, 15) is 9.59 Å². The van der Waals surface area contributed by atoms with Gasteiger partial charge in [-0.05, 0) is 35.9 Å². The summed E-state index contributed by atoms with van der Waals surface area (Å²) in [6.07, 6.45) is 1.56. The molecule has 0 amide bonds. The van der Waals surface area contributed by atoms with Gasteiger partial charge in [0.15, 0.2) is 5.70 Å². The second-order valence-corrected chi connectivity index (χ2v) is 5.39. The number of benzene rings is 2. The van der Waals surface area contributed by atoms with Gasteiger partial charge in [0.1, 0.15) is 5.75 Å². The second-order valence-electron chi connectivity index (χ2n) is 4.99. The van der Waals surface area contributed by atoms with Crippen LogP contribution in [0.5, 0.6) is 5.75 Å². The third-order valence-electron chi connectivity index (χ3n) is 3.15. The fraction of sp³-hybridized carbons (Fsp3) is 0.0556. The fourth-order valence-electron chi connectivity index (χ4n) is 2.12. The highest BCUT2D eigenvalue weighted by Gasteiger charge is 2.24. The molecule has 5 nitrogen and oxygen atoms in total. The van der Waals surface area contributed by atoms with Crippen LogP contribution in [0.2, 0.25) is 5.02 Å². The number of hydrogen-bond donors (Lipinski definition) is 0. The van der Waals surface area contributed by atoms with Crippen LogP contribution in [0.3, 0.4) is 0 Å². The first kappa shape index (κ1) is 16.0. The van der Waals surface area contributed by atoms with Gasteiger partial charge in [0, 0.05) is 12.5 Å². The Morgan fingerprint density at radius 2 is 1.96 bits per heavy atom. The molecule has 0 N–H and O–H groups in total. The topological polar surface area (TPSA) is 65.0 Å². The largest absolute Gasteiger partial charge is 0.425 e. The third-order valence-corrected chi connectivity index (χ3v) is 3.45. The van der Waals surface area contributed by atoms with E-state index in [0.29, 0.717) is 5.56 Å². The van der Waals surface area contributed by atoms with Gasteiger partial charge in [-0.1, -0.05) is 35.9 Å². The smallest absolute Gasteiger partial charge is 0.363 e. The van der Waals surface area contributed by atoms with Crippen molar-refractivity contribution in [2.75, 3.05) is 0 Å². The van der Waals surface area contributed by atoms with E-state index in [-0.39, 0.29) is 22.4 Å². The Labute approximate surface area is 143 Å². The van der Waals surface area contributed by atoms with Gasteiger partial charge in [0.25, 0.3) is 0 Å². The fourth-order valence-corrected chi connectivity index (χ4v) is 2.34. The molecule has 0 aliphatic carbocycles. The minimum atomic E-state index is -0.533. The zero-order valence-corrected chi connectivity index (χ0v) is 13.4. The molecule has 1 heterocycles. The van der Waals surface area contributed by atoms with Gasteiger partial charge in [0.2, 0.25) is 5.90 Å². The molecule has 6 heteroatoms. The molecule has 120 valence electrons. The normalized spacial score (nSPS) is 15.2. The quantitative estimate of drug-likeness (QED) is 0.486. The van der Waals surface area contributed by atoms with E-state index < -0.39 is 11.9 Å². The van der Waals surface area contributed by atoms with E-state index in [2.05, 4.69) is 4.99 Å². The zero-order valence-electron chi connectivity index (χ0n) is 12.7. The van der Waals surface area contributed by atoms with Crippen LogP contribution in [0.4, 0.5) is 0 Å². The van der Waals surface area contributed by atoms with Gasteiger partial charge < -0.3 is 9.47 Å². The molecule has 0 atom stereocenters. The van der Waals surface area contributed by atoms with Gasteiger partial charge in [-0.2, -0.15) is 0 Å². The average Bonchev–Trinajstić information content (AvgIpc) is 2.91. The maximum Gasteiger partial charge on any atom is 0.363 e. The Hall–Kier alpha value is -2.92. The predicted molar refractivity (Wildman–Crippen MR) is 89.8 cm³/mol. The number of carbonyl (C=O) groups excluding carboxylic acids is 2. The van der Waals surface area contributed by atoms with Crippen LogP contribution in [-0.4, -0.2) is 17.8 Å². The van der Waals surface area contributed by atoms with Crippen LogP contribution in [0.25, 0.3) is 6.08 Å². The lowest BCUT2D eigenvalue weighted by molar-refractivity contribution is -0.132. The summed E-state index contributed by atoms with van der Waals surface area (Å²) in [5.74, 6) is -0.475. The molecule has 2 aromatic carbocycles. The maximum absolute atomic E-state index is 12.0. The van der Waals surface area contributed by atoms with Crippen molar-refractivity contribution in [1.82, 2.24) is 0 Å². The maximum atomic E-state index is 12.0. The summed E-state index contributed by atoms with van der Waals surface area (Å²) in [5, 5.41) is 0.262. The summed E-state index contributed by atoms with van der Waals surface area (Å²) in [4.78, 5) is 27.1. The molecule has 0 saturated carbocycles. The number of nitrogens with zero attached hydrogens (tertiary/aromatic N) is 1. The molecule has 2 aromatic rings. The Balaban J connectivity index is 1.88. The van der Waals surface area contributed by atoms with Crippen molar-refractivity contribution in [3.05, 3.63) is 70.4 Å². The van der Waals surface area contributed by atoms with E-state index in [1.165, 1.54) is 6.92 Å². The summed E-state index contributed by atoms with van der Waals surface area (Å²) >= 11 is 6.06. The molecule has 1 aliphatic rings. The van der Waals surface area contributed by atoms with E-state index in [1.54, 1.807) is 36.4 Å². The second kappa shape index (κ2) is 6.68. The first-order chi connectivity index (χ1) is 11.5. The monoisotopic (exact) mass is 341 g/mol. The van der Waals surface area contributed by atoms with Crippen molar-refractivity contribution in [3.8, 4) is 5.75 Å². The van der Waals surface area contributed by atoms with Crippen molar-refractivity contribution >= 4 is 35.5 Å². The molecule has 0 saturated heterocycles. The minimum Gasteiger partial charge on any atom is -0.425 e. The highest BCUT2D eigenvalue weighted by molar-refractivity contribution is 6.32. The Morgan fingerprint density at radius 3 is 2.62 bits per heavy atom. The molecule has 0 spiro atoms. The summed E-state index contributed by atoms with van der Waals surface area (Å²) < 4.78 is 10.1. The number of hydrogen-bond acceptors (Lipinski definition) is 5. The highest BCUT2D eigenvalue weighted by atomic mass is 35.5.